The van der Waals surface area contributed by atoms with Gasteiger partial charge in [0.15, 0.2) is 0 Å². The summed E-state index contributed by atoms with van der Waals surface area (Å²) in [6, 6.07) is 7.47. The molecule has 0 aromatic heterocycles. The highest BCUT2D eigenvalue weighted by Gasteiger charge is 1.89. The molecule has 0 aliphatic heterocycles. The van der Waals surface area contributed by atoms with Crippen LogP contribution in [-0.2, 0) is 0 Å². The van der Waals surface area contributed by atoms with Gasteiger partial charge in [0.2, 0.25) is 0 Å². The van der Waals surface area contributed by atoms with Gasteiger partial charge in [-0.2, -0.15) is 0 Å². The monoisotopic (exact) mass is 146 g/mol. The Morgan fingerprint density at radius 2 is 2.00 bits per heavy atom. The number of anilines is 1. The smallest absolute Gasteiger partial charge is 0.0555 e. The van der Waals surface area contributed by atoms with Crippen molar-refractivity contribution in [3.63, 3.8) is 0 Å². The van der Waals surface area contributed by atoms with Crippen LogP contribution in [0, 0.1) is 11.8 Å². The van der Waals surface area contributed by atoms with Gasteiger partial charge in [-0.1, -0.05) is 24.0 Å². The molecule has 2 nitrogen and oxygen atoms in total. The van der Waals surface area contributed by atoms with E-state index in [-0.39, 0.29) is 0 Å². The second kappa shape index (κ2) is 3.65. The maximum atomic E-state index is 5.62. The van der Waals surface area contributed by atoms with Gasteiger partial charge in [0.25, 0.3) is 0 Å². The van der Waals surface area contributed by atoms with E-state index in [0.717, 1.165) is 5.56 Å². The van der Waals surface area contributed by atoms with Crippen molar-refractivity contribution in [1.29, 1.82) is 0 Å². The van der Waals surface area contributed by atoms with E-state index in [1.54, 1.807) is 0 Å². The lowest BCUT2D eigenvalue weighted by Gasteiger charge is -1.94. The minimum absolute atomic E-state index is 0.369. The van der Waals surface area contributed by atoms with Gasteiger partial charge in [0.1, 0.15) is 0 Å². The lowest BCUT2D eigenvalue weighted by Crippen LogP contribution is -1.94. The Morgan fingerprint density at radius 1 is 1.27 bits per heavy atom. The van der Waals surface area contributed by atoms with Crippen molar-refractivity contribution in [2.24, 2.45) is 5.73 Å². The van der Waals surface area contributed by atoms with Gasteiger partial charge in [0.05, 0.1) is 6.54 Å². The molecule has 56 valence electrons. The molecular formula is C9H10N2. The number of nitrogens with two attached hydrogens (primary N) is 2. The van der Waals surface area contributed by atoms with Crippen LogP contribution in [0.1, 0.15) is 5.56 Å². The van der Waals surface area contributed by atoms with E-state index in [9.17, 15) is 0 Å². The third-order valence-corrected chi connectivity index (χ3v) is 1.29. The van der Waals surface area contributed by atoms with Crippen LogP contribution in [0.15, 0.2) is 24.3 Å². The average molecular weight is 146 g/mol. The molecule has 1 aromatic carbocycles. The summed E-state index contributed by atoms with van der Waals surface area (Å²) in [6.45, 7) is 0.369. The number of nitrogen functional groups attached to an aromatic ring is 1. The lowest BCUT2D eigenvalue weighted by atomic mass is 10.2. The number of para-hydroxylation sites is 1. The van der Waals surface area contributed by atoms with Crippen LogP contribution in [0.2, 0.25) is 0 Å². The first-order chi connectivity index (χ1) is 5.34. The van der Waals surface area contributed by atoms with Gasteiger partial charge in [-0.25, -0.2) is 0 Å². The SMILES string of the molecule is NCC#Cc1ccccc1N. The van der Waals surface area contributed by atoms with Gasteiger partial charge in [0, 0.05) is 11.3 Å². The van der Waals surface area contributed by atoms with E-state index in [0.29, 0.717) is 12.2 Å². The Morgan fingerprint density at radius 3 is 2.64 bits per heavy atom. The Labute approximate surface area is 66.2 Å². The van der Waals surface area contributed by atoms with E-state index in [2.05, 4.69) is 11.8 Å². The summed E-state index contributed by atoms with van der Waals surface area (Å²) in [5.41, 5.74) is 12.4. The molecule has 11 heavy (non-hydrogen) atoms. The van der Waals surface area contributed by atoms with Crippen molar-refractivity contribution < 1.29 is 0 Å². The quantitative estimate of drug-likeness (QED) is 0.415. The molecular weight excluding hydrogens is 136 g/mol. The van der Waals surface area contributed by atoms with Crippen LogP contribution in [0.3, 0.4) is 0 Å². The second-order valence-corrected chi connectivity index (χ2v) is 2.09. The van der Waals surface area contributed by atoms with E-state index in [1.165, 1.54) is 0 Å². The Balaban J connectivity index is 2.95. The first kappa shape index (κ1) is 7.64. The van der Waals surface area contributed by atoms with E-state index >= 15 is 0 Å². The Hall–Kier alpha value is -1.46. The number of benzene rings is 1. The molecule has 0 atom stereocenters. The molecule has 0 radical (unpaired) electrons. The molecule has 0 bridgehead atoms. The topological polar surface area (TPSA) is 52.0 Å². The predicted molar refractivity (Wildman–Crippen MR) is 46.8 cm³/mol. The third-order valence-electron chi connectivity index (χ3n) is 1.29. The maximum absolute atomic E-state index is 5.62. The highest BCUT2D eigenvalue weighted by molar-refractivity contribution is 5.55. The fourth-order valence-electron chi connectivity index (χ4n) is 0.757. The summed E-state index contributed by atoms with van der Waals surface area (Å²) in [5, 5.41) is 0. The first-order valence-corrected chi connectivity index (χ1v) is 3.38. The zero-order chi connectivity index (χ0) is 8.10. The summed E-state index contributed by atoms with van der Waals surface area (Å²) in [6.07, 6.45) is 0. The largest absolute Gasteiger partial charge is 0.398 e. The predicted octanol–water partition coefficient (Wildman–Crippen LogP) is 0.579. The van der Waals surface area contributed by atoms with Crippen LogP contribution < -0.4 is 11.5 Å². The molecule has 1 aromatic rings. The Kier molecular flexibility index (Phi) is 2.53. The number of rotatable bonds is 0. The van der Waals surface area contributed by atoms with E-state index in [1.807, 2.05) is 24.3 Å². The molecule has 0 amide bonds. The molecule has 4 N–H and O–H groups in total. The van der Waals surface area contributed by atoms with Crippen LogP contribution >= 0.6 is 0 Å². The standard InChI is InChI=1S/C9H10N2/c10-7-3-5-8-4-1-2-6-9(8)11/h1-2,4,6H,7,10-11H2. The molecule has 0 fully saturated rings. The molecule has 0 saturated heterocycles. The van der Waals surface area contributed by atoms with E-state index < -0.39 is 0 Å². The summed E-state index contributed by atoms with van der Waals surface area (Å²) >= 11 is 0. The van der Waals surface area contributed by atoms with Gasteiger partial charge >= 0.3 is 0 Å². The van der Waals surface area contributed by atoms with Crippen LogP contribution in [0.4, 0.5) is 5.69 Å². The molecule has 1 rings (SSSR count). The highest BCUT2D eigenvalue weighted by Crippen LogP contribution is 2.07. The van der Waals surface area contributed by atoms with Gasteiger partial charge in [-0.15, -0.1) is 0 Å². The van der Waals surface area contributed by atoms with Gasteiger partial charge in [-0.05, 0) is 12.1 Å². The van der Waals surface area contributed by atoms with Crippen LogP contribution in [0.25, 0.3) is 0 Å². The highest BCUT2D eigenvalue weighted by atomic mass is 14.5. The summed E-state index contributed by atoms with van der Waals surface area (Å²) in [5.74, 6) is 5.62. The first-order valence-electron chi connectivity index (χ1n) is 3.38. The average Bonchev–Trinajstić information content (AvgIpc) is 2.03. The molecule has 0 saturated carbocycles. The summed E-state index contributed by atoms with van der Waals surface area (Å²) in [7, 11) is 0. The molecule has 2 heteroatoms. The minimum atomic E-state index is 0.369. The fourth-order valence-corrected chi connectivity index (χ4v) is 0.757. The van der Waals surface area contributed by atoms with Crippen molar-refractivity contribution in [2.75, 3.05) is 12.3 Å². The normalized spacial score (nSPS) is 8.45. The summed E-state index contributed by atoms with van der Waals surface area (Å²) in [4.78, 5) is 0. The lowest BCUT2D eigenvalue weighted by molar-refractivity contribution is 1.30. The summed E-state index contributed by atoms with van der Waals surface area (Å²) < 4.78 is 0. The van der Waals surface area contributed by atoms with Crippen molar-refractivity contribution in [3.8, 4) is 11.8 Å². The number of hydrogen-bond acceptors (Lipinski definition) is 2. The molecule has 0 spiro atoms. The van der Waals surface area contributed by atoms with E-state index in [4.69, 9.17) is 11.5 Å². The molecule has 0 unspecified atom stereocenters. The van der Waals surface area contributed by atoms with Crippen molar-refractivity contribution in [3.05, 3.63) is 29.8 Å². The molecule has 0 aliphatic carbocycles. The van der Waals surface area contributed by atoms with Crippen molar-refractivity contribution >= 4 is 5.69 Å². The Bertz CT molecular complexity index is 294. The van der Waals surface area contributed by atoms with Crippen molar-refractivity contribution in [1.82, 2.24) is 0 Å². The molecule has 0 aliphatic rings. The van der Waals surface area contributed by atoms with Crippen LogP contribution in [0.5, 0.6) is 0 Å². The third kappa shape index (κ3) is 1.99. The molecule has 0 heterocycles. The minimum Gasteiger partial charge on any atom is -0.398 e. The fraction of sp³-hybridized carbons (Fsp3) is 0.111. The van der Waals surface area contributed by atoms with Gasteiger partial charge in [-0.3, -0.25) is 0 Å². The van der Waals surface area contributed by atoms with Gasteiger partial charge < -0.3 is 11.5 Å². The zero-order valence-corrected chi connectivity index (χ0v) is 6.17. The van der Waals surface area contributed by atoms with Crippen LogP contribution in [-0.4, -0.2) is 6.54 Å². The zero-order valence-electron chi connectivity index (χ0n) is 6.17. The number of hydrogen-bond donors (Lipinski definition) is 2. The second-order valence-electron chi connectivity index (χ2n) is 2.09. The van der Waals surface area contributed by atoms with Crippen molar-refractivity contribution in [2.45, 2.75) is 0 Å². The maximum Gasteiger partial charge on any atom is 0.0555 e.